The number of fused-ring (bicyclic) bond motifs is 2. The standard InChI is InChI=1S/C25H37N5O/c1-19-22-23(28(4)27-19)24(31)26-20-13-7-8-14-21(20)30(22)25(2,3)15-9-5-10-16-29-17-11-6-12-18-29/h7-8,13-14H,5-6,9-12,15-18H2,1-4H3,(H,26,31). The molecule has 0 saturated carbocycles. The van der Waals surface area contributed by atoms with Crippen molar-refractivity contribution in [3.8, 4) is 0 Å². The maximum absolute atomic E-state index is 13.0. The fraction of sp³-hybridized carbons (Fsp3) is 0.600. The van der Waals surface area contributed by atoms with E-state index in [2.05, 4.69) is 40.1 Å². The van der Waals surface area contributed by atoms with E-state index in [0.29, 0.717) is 5.69 Å². The molecule has 6 heteroatoms. The Bertz CT molecular complexity index is 926. The lowest BCUT2D eigenvalue weighted by Crippen LogP contribution is -2.41. The van der Waals surface area contributed by atoms with Crippen LogP contribution in [0.25, 0.3) is 0 Å². The number of likely N-dealkylation sites (tertiary alicyclic amines) is 1. The molecule has 1 N–H and O–H groups in total. The molecular weight excluding hydrogens is 386 g/mol. The zero-order valence-corrected chi connectivity index (χ0v) is 19.6. The van der Waals surface area contributed by atoms with Gasteiger partial charge in [0.25, 0.3) is 5.91 Å². The molecule has 4 rings (SSSR count). The molecule has 0 unspecified atom stereocenters. The Morgan fingerprint density at radius 1 is 1.06 bits per heavy atom. The summed E-state index contributed by atoms with van der Waals surface area (Å²) in [5, 5.41) is 7.69. The van der Waals surface area contributed by atoms with Gasteiger partial charge in [-0.2, -0.15) is 5.10 Å². The van der Waals surface area contributed by atoms with E-state index < -0.39 is 0 Å². The quantitative estimate of drug-likeness (QED) is 0.618. The van der Waals surface area contributed by atoms with E-state index in [1.165, 1.54) is 58.2 Å². The maximum Gasteiger partial charge on any atom is 0.276 e. The topological polar surface area (TPSA) is 53.4 Å². The Labute approximate surface area is 186 Å². The minimum Gasteiger partial charge on any atom is -0.331 e. The number of aromatic nitrogens is 2. The van der Waals surface area contributed by atoms with Crippen molar-refractivity contribution >= 4 is 23.0 Å². The van der Waals surface area contributed by atoms with Crippen molar-refractivity contribution in [3.63, 3.8) is 0 Å². The molecule has 3 heterocycles. The number of hydrogen-bond donors (Lipinski definition) is 1. The summed E-state index contributed by atoms with van der Waals surface area (Å²) in [5.41, 5.74) is 4.22. The van der Waals surface area contributed by atoms with E-state index in [9.17, 15) is 4.79 Å². The van der Waals surface area contributed by atoms with Gasteiger partial charge in [-0.1, -0.05) is 31.4 Å². The van der Waals surface area contributed by atoms with Crippen LogP contribution in [-0.2, 0) is 7.05 Å². The van der Waals surface area contributed by atoms with Gasteiger partial charge < -0.3 is 15.1 Å². The van der Waals surface area contributed by atoms with Gasteiger partial charge in [-0.3, -0.25) is 9.48 Å². The highest BCUT2D eigenvalue weighted by Gasteiger charge is 2.38. The first kappa shape index (κ1) is 21.9. The predicted molar refractivity (Wildman–Crippen MR) is 127 cm³/mol. The molecule has 1 aromatic heterocycles. The molecule has 0 aliphatic carbocycles. The molecule has 31 heavy (non-hydrogen) atoms. The normalized spacial score (nSPS) is 17.2. The lowest BCUT2D eigenvalue weighted by molar-refractivity contribution is 0.101. The molecule has 1 saturated heterocycles. The first-order valence-corrected chi connectivity index (χ1v) is 11.8. The van der Waals surface area contributed by atoms with Gasteiger partial charge in [0.2, 0.25) is 0 Å². The van der Waals surface area contributed by atoms with Crippen molar-refractivity contribution < 1.29 is 4.79 Å². The molecule has 1 fully saturated rings. The summed E-state index contributed by atoms with van der Waals surface area (Å²) < 4.78 is 1.72. The van der Waals surface area contributed by atoms with Crippen LogP contribution in [0.4, 0.5) is 17.1 Å². The molecule has 2 aliphatic heterocycles. The SMILES string of the molecule is Cc1nn(C)c2c1N(C(C)(C)CCCCCN1CCCCC1)c1ccccc1NC2=O. The average molecular weight is 424 g/mol. The summed E-state index contributed by atoms with van der Waals surface area (Å²) in [6.45, 7) is 10.4. The van der Waals surface area contributed by atoms with Crippen LogP contribution < -0.4 is 10.2 Å². The lowest BCUT2D eigenvalue weighted by Gasteiger charge is -2.40. The third-order valence-corrected chi connectivity index (χ3v) is 6.84. The number of benzene rings is 1. The van der Waals surface area contributed by atoms with Crippen LogP contribution in [0.2, 0.25) is 0 Å². The monoisotopic (exact) mass is 423 g/mol. The van der Waals surface area contributed by atoms with E-state index >= 15 is 0 Å². The smallest absolute Gasteiger partial charge is 0.276 e. The van der Waals surface area contributed by atoms with Gasteiger partial charge in [-0.25, -0.2) is 0 Å². The summed E-state index contributed by atoms with van der Waals surface area (Å²) in [6, 6.07) is 8.12. The van der Waals surface area contributed by atoms with Crippen molar-refractivity contribution in [2.45, 2.75) is 71.3 Å². The molecule has 0 spiro atoms. The molecule has 0 atom stereocenters. The van der Waals surface area contributed by atoms with Gasteiger partial charge in [0, 0.05) is 12.6 Å². The summed E-state index contributed by atoms with van der Waals surface area (Å²) in [5.74, 6) is -0.0922. The van der Waals surface area contributed by atoms with Crippen molar-refractivity contribution in [2.75, 3.05) is 29.9 Å². The van der Waals surface area contributed by atoms with E-state index in [1.54, 1.807) is 4.68 Å². The average Bonchev–Trinajstić information content (AvgIpc) is 2.94. The fourth-order valence-electron chi connectivity index (χ4n) is 5.24. The molecule has 1 aromatic carbocycles. The third kappa shape index (κ3) is 4.49. The number of carbonyl (C=O) groups excluding carboxylic acids is 1. The minimum absolute atomic E-state index is 0.0922. The number of para-hydroxylation sites is 2. The van der Waals surface area contributed by atoms with E-state index in [-0.39, 0.29) is 11.4 Å². The van der Waals surface area contributed by atoms with Gasteiger partial charge in [-0.15, -0.1) is 0 Å². The predicted octanol–water partition coefficient (Wildman–Crippen LogP) is 5.26. The van der Waals surface area contributed by atoms with Crippen LogP contribution in [-0.4, -0.2) is 45.8 Å². The zero-order valence-electron chi connectivity index (χ0n) is 19.6. The lowest BCUT2D eigenvalue weighted by atomic mass is 9.92. The second-order valence-corrected chi connectivity index (χ2v) is 9.74. The maximum atomic E-state index is 13.0. The fourth-order valence-corrected chi connectivity index (χ4v) is 5.24. The summed E-state index contributed by atoms with van der Waals surface area (Å²) in [4.78, 5) is 18.0. The number of unbranched alkanes of at least 4 members (excludes halogenated alkanes) is 2. The highest BCUT2D eigenvalue weighted by atomic mass is 16.2. The third-order valence-electron chi connectivity index (χ3n) is 6.84. The van der Waals surface area contributed by atoms with Crippen LogP contribution in [0.15, 0.2) is 24.3 Å². The van der Waals surface area contributed by atoms with Gasteiger partial charge in [0.15, 0.2) is 0 Å². The van der Waals surface area contributed by atoms with Crippen molar-refractivity contribution in [2.24, 2.45) is 7.05 Å². The van der Waals surface area contributed by atoms with Gasteiger partial charge in [0.05, 0.1) is 22.8 Å². The Hall–Kier alpha value is -2.34. The van der Waals surface area contributed by atoms with Gasteiger partial charge in [0.1, 0.15) is 5.69 Å². The van der Waals surface area contributed by atoms with Crippen LogP contribution in [0.5, 0.6) is 0 Å². The van der Waals surface area contributed by atoms with E-state index in [4.69, 9.17) is 0 Å². The number of nitrogens with zero attached hydrogens (tertiary/aromatic N) is 4. The number of nitrogens with one attached hydrogen (secondary N) is 1. The van der Waals surface area contributed by atoms with E-state index in [0.717, 1.165) is 29.2 Å². The minimum atomic E-state index is -0.143. The Kier molecular flexibility index (Phi) is 6.37. The number of aryl methyl sites for hydroxylation is 2. The summed E-state index contributed by atoms with van der Waals surface area (Å²) >= 11 is 0. The second-order valence-electron chi connectivity index (χ2n) is 9.74. The van der Waals surface area contributed by atoms with Crippen LogP contribution in [0, 0.1) is 6.92 Å². The zero-order chi connectivity index (χ0) is 22.0. The highest BCUT2D eigenvalue weighted by Crippen LogP contribution is 2.45. The van der Waals surface area contributed by atoms with E-state index in [1.807, 2.05) is 32.2 Å². The van der Waals surface area contributed by atoms with Crippen molar-refractivity contribution in [1.82, 2.24) is 14.7 Å². The molecule has 2 aliphatic rings. The van der Waals surface area contributed by atoms with Gasteiger partial charge in [-0.05, 0) is 78.2 Å². The molecule has 2 aromatic rings. The number of piperidine rings is 1. The van der Waals surface area contributed by atoms with Crippen LogP contribution >= 0.6 is 0 Å². The summed E-state index contributed by atoms with van der Waals surface area (Å²) in [6.07, 6.45) is 8.87. The number of anilines is 3. The number of hydrogen-bond acceptors (Lipinski definition) is 4. The highest BCUT2D eigenvalue weighted by molar-refractivity contribution is 6.12. The Balaban J connectivity index is 1.52. The first-order chi connectivity index (χ1) is 14.9. The van der Waals surface area contributed by atoms with Crippen molar-refractivity contribution in [3.05, 3.63) is 35.7 Å². The van der Waals surface area contributed by atoms with Crippen LogP contribution in [0.1, 0.15) is 75.0 Å². The molecule has 0 bridgehead atoms. The second kappa shape index (κ2) is 9.03. The molecule has 168 valence electrons. The van der Waals surface area contributed by atoms with Crippen LogP contribution in [0.3, 0.4) is 0 Å². The molecule has 0 radical (unpaired) electrons. The largest absolute Gasteiger partial charge is 0.331 e. The Morgan fingerprint density at radius 3 is 2.58 bits per heavy atom. The summed E-state index contributed by atoms with van der Waals surface area (Å²) in [7, 11) is 1.85. The molecule has 1 amide bonds. The number of amides is 1. The van der Waals surface area contributed by atoms with Crippen molar-refractivity contribution in [1.29, 1.82) is 0 Å². The molecule has 6 nitrogen and oxygen atoms in total. The number of rotatable bonds is 7. The number of carbonyl (C=O) groups is 1. The van der Waals surface area contributed by atoms with Gasteiger partial charge >= 0.3 is 0 Å². The Morgan fingerprint density at radius 2 is 1.81 bits per heavy atom. The molecular formula is C25H37N5O. The first-order valence-electron chi connectivity index (χ1n) is 11.8.